The first kappa shape index (κ1) is 13.0. The van der Waals surface area contributed by atoms with Gasteiger partial charge in [-0.05, 0) is 30.7 Å². The van der Waals surface area contributed by atoms with Gasteiger partial charge in [0.15, 0.2) is 0 Å². The van der Waals surface area contributed by atoms with E-state index in [-0.39, 0.29) is 0 Å². The summed E-state index contributed by atoms with van der Waals surface area (Å²) in [5, 5.41) is 12.9. The highest BCUT2D eigenvalue weighted by Crippen LogP contribution is 2.22. The highest BCUT2D eigenvalue weighted by Gasteiger charge is 2.09. The van der Waals surface area contributed by atoms with Crippen LogP contribution in [0.25, 0.3) is 0 Å². The molecule has 2 N–H and O–H groups in total. The molecule has 0 bridgehead atoms. The Labute approximate surface area is 98.7 Å². The van der Waals surface area contributed by atoms with E-state index in [2.05, 4.69) is 25.2 Å². The highest BCUT2D eigenvalue weighted by atomic mass is 16.3. The van der Waals surface area contributed by atoms with Crippen LogP contribution >= 0.6 is 0 Å². The van der Waals surface area contributed by atoms with Crippen molar-refractivity contribution in [3.63, 3.8) is 0 Å². The number of hydrogen-bond donors (Lipinski definition) is 2. The predicted octanol–water partition coefficient (Wildman–Crippen LogP) is 3.62. The quantitative estimate of drug-likeness (QED) is 0.689. The van der Waals surface area contributed by atoms with Crippen molar-refractivity contribution in [1.29, 1.82) is 0 Å². The maximum Gasteiger partial charge on any atom is 0.115 e. The fourth-order valence-corrected chi connectivity index (χ4v) is 1.97. The van der Waals surface area contributed by atoms with E-state index in [9.17, 15) is 5.11 Å². The van der Waals surface area contributed by atoms with Gasteiger partial charge >= 0.3 is 0 Å². The predicted molar refractivity (Wildman–Crippen MR) is 68.7 cm³/mol. The monoisotopic (exact) mass is 221 g/mol. The van der Waals surface area contributed by atoms with Crippen molar-refractivity contribution in [3.05, 3.63) is 29.8 Å². The van der Waals surface area contributed by atoms with Gasteiger partial charge in [0.05, 0.1) is 0 Å². The van der Waals surface area contributed by atoms with E-state index in [1.165, 1.54) is 24.8 Å². The van der Waals surface area contributed by atoms with Crippen LogP contribution < -0.4 is 5.32 Å². The van der Waals surface area contributed by atoms with E-state index in [0.717, 1.165) is 13.0 Å². The van der Waals surface area contributed by atoms with E-state index in [4.69, 9.17) is 0 Å². The average molecular weight is 221 g/mol. The lowest BCUT2D eigenvalue weighted by atomic mass is 10.0. The van der Waals surface area contributed by atoms with Gasteiger partial charge in [0.1, 0.15) is 5.75 Å². The molecule has 0 aliphatic rings. The first-order valence-electron chi connectivity index (χ1n) is 6.30. The summed E-state index contributed by atoms with van der Waals surface area (Å²) in [5.41, 5.74) is 1.19. The molecule has 0 saturated heterocycles. The van der Waals surface area contributed by atoms with Gasteiger partial charge in [-0.2, -0.15) is 0 Å². The van der Waals surface area contributed by atoms with Crippen LogP contribution in [0.2, 0.25) is 0 Å². The fraction of sp³-hybridized carbons (Fsp3) is 0.571. The zero-order valence-electron chi connectivity index (χ0n) is 10.4. The van der Waals surface area contributed by atoms with Crippen LogP contribution in [0.5, 0.6) is 5.75 Å². The summed E-state index contributed by atoms with van der Waals surface area (Å²) >= 11 is 0. The van der Waals surface area contributed by atoms with E-state index in [0.29, 0.717) is 11.8 Å². The van der Waals surface area contributed by atoms with Gasteiger partial charge in [0, 0.05) is 6.04 Å². The largest absolute Gasteiger partial charge is 0.508 e. The van der Waals surface area contributed by atoms with Crippen LogP contribution in [0.4, 0.5) is 0 Å². The molecule has 2 heteroatoms. The molecule has 0 saturated carbocycles. The molecule has 1 atom stereocenters. The molecule has 1 rings (SSSR count). The van der Waals surface area contributed by atoms with Crippen molar-refractivity contribution in [2.24, 2.45) is 0 Å². The minimum absolute atomic E-state index is 0.357. The Morgan fingerprint density at radius 1 is 1.25 bits per heavy atom. The molecule has 16 heavy (non-hydrogen) atoms. The van der Waals surface area contributed by atoms with Gasteiger partial charge < -0.3 is 10.4 Å². The van der Waals surface area contributed by atoms with Crippen LogP contribution in [-0.4, -0.2) is 11.7 Å². The van der Waals surface area contributed by atoms with Gasteiger partial charge in [-0.1, -0.05) is 45.2 Å². The van der Waals surface area contributed by atoms with Crippen LogP contribution in [0, 0.1) is 0 Å². The van der Waals surface area contributed by atoms with Gasteiger partial charge in [0.25, 0.3) is 0 Å². The van der Waals surface area contributed by atoms with Crippen molar-refractivity contribution < 1.29 is 5.11 Å². The Morgan fingerprint density at radius 2 is 2.06 bits per heavy atom. The smallest absolute Gasteiger partial charge is 0.115 e. The Balaban J connectivity index is 2.61. The summed E-state index contributed by atoms with van der Waals surface area (Å²) in [6.07, 6.45) is 4.91. The summed E-state index contributed by atoms with van der Waals surface area (Å²) < 4.78 is 0. The summed E-state index contributed by atoms with van der Waals surface area (Å²) in [6, 6.07) is 7.95. The first-order valence-corrected chi connectivity index (χ1v) is 6.30. The number of hydrogen-bond acceptors (Lipinski definition) is 2. The van der Waals surface area contributed by atoms with Crippen molar-refractivity contribution >= 4 is 0 Å². The zero-order valence-corrected chi connectivity index (χ0v) is 10.4. The molecular weight excluding hydrogens is 198 g/mol. The molecular formula is C14H23NO. The summed E-state index contributed by atoms with van der Waals surface area (Å²) in [6.45, 7) is 5.30. The number of benzene rings is 1. The third-order valence-corrected chi connectivity index (χ3v) is 2.82. The van der Waals surface area contributed by atoms with Crippen molar-refractivity contribution in [1.82, 2.24) is 5.32 Å². The number of unbranched alkanes of at least 4 members (excludes halogenated alkanes) is 2. The Bertz CT molecular complexity index is 299. The normalized spacial score (nSPS) is 12.6. The van der Waals surface area contributed by atoms with Crippen molar-refractivity contribution in [2.45, 2.75) is 45.6 Å². The molecule has 0 amide bonds. The topological polar surface area (TPSA) is 32.3 Å². The molecule has 90 valence electrons. The lowest BCUT2D eigenvalue weighted by Crippen LogP contribution is -2.20. The molecule has 0 radical (unpaired) electrons. The SMILES string of the molecule is CCCCCC(NCC)c1cccc(O)c1. The summed E-state index contributed by atoms with van der Waals surface area (Å²) in [4.78, 5) is 0. The first-order chi connectivity index (χ1) is 7.77. The number of aromatic hydroxyl groups is 1. The maximum absolute atomic E-state index is 9.47. The third-order valence-electron chi connectivity index (χ3n) is 2.82. The Morgan fingerprint density at radius 3 is 2.69 bits per heavy atom. The lowest BCUT2D eigenvalue weighted by molar-refractivity contribution is 0.463. The zero-order chi connectivity index (χ0) is 11.8. The van der Waals surface area contributed by atoms with Crippen molar-refractivity contribution in [2.75, 3.05) is 6.54 Å². The molecule has 0 aromatic heterocycles. The minimum Gasteiger partial charge on any atom is -0.508 e. The van der Waals surface area contributed by atoms with Crippen LogP contribution in [0.15, 0.2) is 24.3 Å². The van der Waals surface area contributed by atoms with Gasteiger partial charge in [-0.15, -0.1) is 0 Å². The van der Waals surface area contributed by atoms with Crippen LogP contribution in [0.1, 0.15) is 51.1 Å². The maximum atomic E-state index is 9.47. The molecule has 0 aliphatic heterocycles. The second-order valence-electron chi connectivity index (χ2n) is 4.20. The Hall–Kier alpha value is -1.02. The summed E-state index contributed by atoms with van der Waals surface area (Å²) in [7, 11) is 0. The number of phenolic OH excluding ortho intramolecular Hbond substituents is 1. The number of phenols is 1. The van der Waals surface area contributed by atoms with Gasteiger partial charge in [-0.3, -0.25) is 0 Å². The average Bonchev–Trinajstić information content (AvgIpc) is 2.28. The van der Waals surface area contributed by atoms with Gasteiger partial charge in [0.2, 0.25) is 0 Å². The molecule has 0 heterocycles. The van der Waals surface area contributed by atoms with E-state index in [1.54, 1.807) is 6.07 Å². The third kappa shape index (κ3) is 4.23. The molecule has 0 aliphatic carbocycles. The fourth-order valence-electron chi connectivity index (χ4n) is 1.97. The summed E-state index contributed by atoms with van der Waals surface area (Å²) in [5.74, 6) is 0.357. The standard InChI is InChI=1S/C14H23NO/c1-3-5-6-10-14(15-4-2)12-8-7-9-13(16)11-12/h7-9,11,14-16H,3-6,10H2,1-2H3. The molecule has 2 nitrogen and oxygen atoms in total. The second kappa shape index (κ2) is 7.29. The highest BCUT2D eigenvalue weighted by molar-refractivity contribution is 5.29. The van der Waals surface area contributed by atoms with E-state index < -0.39 is 0 Å². The number of nitrogens with one attached hydrogen (secondary N) is 1. The lowest BCUT2D eigenvalue weighted by Gasteiger charge is -2.18. The van der Waals surface area contributed by atoms with Crippen LogP contribution in [-0.2, 0) is 0 Å². The molecule has 1 unspecified atom stereocenters. The number of rotatable bonds is 7. The molecule has 1 aromatic carbocycles. The van der Waals surface area contributed by atoms with E-state index in [1.807, 2.05) is 12.1 Å². The Kier molecular flexibility index (Phi) is 5.94. The molecule has 0 spiro atoms. The van der Waals surface area contributed by atoms with Crippen LogP contribution in [0.3, 0.4) is 0 Å². The minimum atomic E-state index is 0.357. The van der Waals surface area contributed by atoms with E-state index >= 15 is 0 Å². The molecule has 0 fully saturated rings. The molecule has 1 aromatic rings. The van der Waals surface area contributed by atoms with Gasteiger partial charge in [-0.25, -0.2) is 0 Å². The second-order valence-corrected chi connectivity index (χ2v) is 4.20. The van der Waals surface area contributed by atoms with Crippen molar-refractivity contribution in [3.8, 4) is 5.75 Å².